The topological polar surface area (TPSA) is 38.3 Å². The molecule has 0 saturated heterocycles. The van der Waals surface area contributed by atoms with E-state index in [4.69, 9.17) is 4.74 Å². The number of hydrogen-bond donors (Lipinski definition) is 1. The van der Waals surface area contributed by atoms with E-state index in [1.165, 1.54) is 9.13 Å². The summed E-state index contributed by atoms with van der Waals surface area (Å²) in [5.74, 6) is 0. The van der Waals surface area contributed by atoms with Gasteiger partial charge in [0.1, 0.15) is 5.60 Å². The van der Waals surface area contributed by atoms with Crippen molar-refractivity contribution in [3.8, 4) is 0 Å². The molecule has 4 heteroatoms. The summed E-state index contributed by atoms with van der Waals surface area (Å²) in [7, 11) is 0. The Labute approximate surface area is 116 Å². The van der Waals surface area contributed by atoms with E-state index >= 15 is 0 Å². The van der Waals surface area contributed by atoms with Gasteiger partial charge in [-0.2, -0.15) is 0 Å². The van der Waals surface area contributed by atoms with E-state index in [0.29, 0.717) is 6.54 Å². The van der Waals surface area contributed by atoms with Crippen LogP contribution in [-0.2, 0) is 11.2 Å². The van der Waals surface area contributed by atoms with E-state index < -0.39 is 5.60 Å². The van der Waals surface area contributed by atoms with Gasteiger partial charge in [0.2, 0.25) is 0 Å². The van der Waals surface area contributed by atoms with Gasteiger partial charge in [0, 0.05) is 10.1 Å². The summed E-state index contributed by atoms with van der Waals surface area (Å²) in [6.07, 6.45) is 0.457. The predicted molar refractivity (Wildman–Crippen MR) is 77.1 cm³/mol. The van der Waals surface area contributed by atoms with Crippen molar-refractivity contribution >= 4 is 28.7 Å². The zero-order valence-corrected chi connectivity index (χ0v) is 12.6. The van der Waals surface area contributed by atoms with Crippen molar-refractivity contribution in [2.45, 2.75) is 32.8 Å². The molecule has 0 bridgehead atoms. The molecule has 1 aromatic carbocycles. The third-order valence-electron chi connectivity index (χ3n) is 1.97. The minimum absolute atomic E-state index is 0.358. The molecule has 1 amide bonds. The van der Waals surface area contributed by atoms with Crippen LogP contribution in [0.15, 0.2) is 24.3 Å². The van der Waals surface area contributed by atoms with Crippen LogP contribution in [0, 0.1) is 3.57 Å². The van der Waals surface area contributed by atoms with Crippen molar-refractivity contribution in [3.05, 3.63) is 33.4 Å². The van der Waals surface area contributed by atoms with Gasteiger partial charge in [-0.05, 0) is 67.5 Å². The molecule has 17 heavy (non-hydrogen) atoms. The maximum Gasteiger partial charge on any atom is 0.407 e. The second-order valence-corrected chi connectivity index (χ2v) is 6.05. The van der Waals surface area contributed by atoms with E-state index in [9.17, 15) is 4.79 Å². The first-order valence-corrected chi connectivity index (χ1v) is 6.66. The Morgan fingerprint density at radius 1 is 1.41 bits per heavy atom. The van der Waals surface area contributed by atoms with Crippen LogP contribution in [0.2, 0.25) is 0 Å². The number of benzene rings is 1. The van der Waals surface area contributed by atoms with Gasteiger partial charge in [0.05, 0.1) is 0 Å². The molecule has 0 aliphatic rings. The smallest absolute Gasteiger partial charge is 0.407 e. The largest absolute Gasteiger partial charge is 0.444 e. The molecule has 0 atom stereocenters. The second-order valence-electron chi connectivity index (χ2n) is 4.81. The Bertz CT molecular complexity index is 385. The predicted octanol–water partition coefficient (Wildman–Crippen LogP) is 3.36. The lowest BCUT2D eigenvalue weighted by atomic mass is 10.1. The fraction of sp³-hybridized carbons (Fsp3) is 0.462. The number of hydrogen-bond acceptors (Lipinski definition) is 2. The van der Waals surface area contributed by atoms with Gasteiger partial charge in [-0.15, -0.1) is 0 Å². The van der Waals surface area contributed by atoms with E-state index in [0.717, 1.165) is 6.42 Å². The first kappa shape index (κ1) is 14.3. The Kier molecular flexibility index (Phi) is 5.24. The normalized spacial score (nSPS) is 11.1. The lowest BCUT2D eigenvalue weighted by Crippen LogP contribution is -2.33. The summed E-state index contributed by atoms with van der Waals surface area (Å²) in [5.41, 5.74) is 0.777. The van der Waals surface area contributed by atoms with Crippen LogP contribution in [0.1, 0.15) is 26.3 Å². The Morgan fingerprint density at radius 3 is 2.71 bits per heavy atom. The van der Waals surface area contributed by atoms with Gasteiger partial charge in [-0.25, -0.2) is 4.79 Å². The summed E-state index contributed by atoms with van der Waals surface area (Å²) in [5, 5.41) is 2.74. The highest BCUT2D eigenvalue weighted by Gasteiger charge is 2.15. The van der Waals surface area contributed by atoms with Crippen LogP contribution in [0.25, 0.3) is 0 Å². The summed E-state index contributed by atoms with van der Waals surface area (Å²) in [6, 6.07) is 8.23. The molecule has 94 valence electrons. The number of alkyl carbamates (subject to hydrolysis) is 1. The van der Waals surface area contributed by atoms with Crippen molar-refractivity contribution in [1.82, 2.24) is 5.32 Å². The molecule has 0 fully saturated rings. The molecule has 0 unspecified atom stereocenters. The second kappa shape index (κ2) is 6.23. The third kappa shape index (κ3) is 6.51. The average Bonchev–Trinajstić information content (AvgIpc) is 2.14. The molecule has 0 radical (unpaired) electrons. The monoisotopic (exact) mass is 347 g/mol. The summed E-state index contributed by atoms with van der Waals surface area (Å²) >= 11 is 2.28. The standard InChI is InChI=1S/C13H18INO2/c1-13(2,3)17-12(16)15-8-7-10-5-4-6-11(14)9-10/h4-6,9H,7-8H2,1-3H3,(H,15,16). The number of carbonyl (C=O) groups excluding carboxylic acids is 1. The molecule has 1 N–H and O–H groups in total. The number of ether oxygens (including phenoxy) is 1. The fourth-order valence-corrected chi connectivity index (χ4v) is 1.92. The zero-order chi connectivity index (χ0) is 12.9. The minimum Gasteiger partial charge on any atom is -0.444 e. The van der Waals surface area contributed by atoms with Gasteiger partial charge in [-0.1, -0.05) is 12.1 Å². The highest BCUT2D eigenvalue weighted by molar-refractivity contribution is 14.1. The SMILES string of the molecule is CC(C)(C)OC(=O)NCCc1cccc(I)c1. The van der Waals surface area contributed by atoms with E-state index in [2.05, 4.69) is 40.0 Å². The van der Waals surface area contributed by atoms with Gasteiger partial charge in [-0.3, -0.25) is 0 Å². The van der Waals surface area contributed by atoms with Crippen molar-refractivity contribution in [3.63, 3.8) is 0 Å². The molecule has 0 aromatic heterocycles. The number of nitrogens with one attached hydrogen (secondary N) is 1. The molecule has 0 spiro atoms. The Morgan fingerprint density at radius 2 is 2.12 bits per heavy atom. The number of amides is 1. The van der Waals surface area contributed by atoms with E-state index in [1.54, 1.807) is 0 Å². The van der Waals surface area contributed by atoms with Crippen molar-refractivity contribution in [2.75, 3.05) is 6.54 Å². The fourth-order valence-electron chi connectivity index (χ4n) is 1.32. The summed E-state index contributed by atoms with van der Waals surface area (Å²) < 4.78 is 6.35. The molecule has 0 heterocycles. The summed E-state index contributed by atoms with van der Waals surface area (Å²) in [6.45, 7) is 6.15. The van der Waals surface area contributed by atoms with Gasteiger partial charge >= 0.3 is 6.09 Å². The first-order valence-electron chi connectivity index (χ1n) is 5.58. The van der Waals surface area contributed by atoms with Crippen LogP contribution in [0.4, 0.5) is 4.79 Å². The number of halogens is 1. The minimum atomic E-state index is -0.438. The number of rotatable bonds is 3. The maximum atomic E-state index is 11.4. The summed E-state index contributed by atoms with van der Waals surface area (Å²) in [4.78, 5) is 11.4. The lowest BCUT2D eigenvalue weighted by Gasteiger charge is -2.19. The van der Waals surface area contributed by atoms with Crippen LogP contribution < -0.4 is 5.32 Å². The molecule has 3 nitrogen and oxygen atoms in total. The molecule has 0 aliphatic heterocycles. The molecular weight excluding hydrogens is 329 g/mol. The van der Waals surface area contributed by atoms with Crippen LogP contribution in [0.5, 0.6) is 0 Å². The van der Waals surface area contributed by atoms with Crippen molar-refractivity contribution in [1.29, 1.82) is 0 Å². The number of carbonyl (C=O) groups is 1. The maximum absolute atomic E-state index is 11.4. The molecule has 0 aliphatic carbocycles. The van der Waals surface area contributed by atoms with E-state index in [1.807, 2.05) is 32.9 Å². The lowest BCUT2D eigenvalue weighted by molar-refractivity contribution is 0.0528. The van der Waals surface area contributed by atoms with Crippen molar-refractivity contribution in [2.24, 2.45) is 0 Å². The quantitative estimate of drug-likeness (QED) is 0.852. The van der Waals surface area contributed by atoms with Gasteiger partial charge < -0.3 is 10.1 Å². The third-order valence-corrected chi connectivity index (χ3v) is 2.64. The first-order chi connectivity index (χ1) is 7.87. The molecular formula is C13H18INO2. The average molecular weight is 347 g/mol. The zero-order valence-electron chi connectivity index (χ0n) is 10.4. The molecule has 0 saturated carbocycles. The highest BCUT2D eigenvalue weighted by atomic mass is 127. The van der Waals surface area contributed by atoms with Gasteiger partial charge in [0.15, 0.2) is 0 Å². The van der Waals surface area contributed by atoms with Crippen LogP contribution in [-0.4, -0.2) is 18.2 Å². The van der Waals surface area contributed by atoms with Crippen molar-refractivity contribution < 1.29 is 9.53 Å². The molecule has 1 aromatic rings. The van der Waals surface area contributed by atoms with Crippen LogP contribution in [0.3, 0.4) is 0 Å². The Balaban J connectivity index is 2.31. The van der Waals surface area contributed by atoms with Crippen LogP contribution >= 0.6 is 22.6 Å². The Hall–Kier alpha value is -0.780. The van der Waals surface area contributed by atoms with E-state index in [-0.39, 0.29) is 6.09 Å². The highest BCUT2D eigenvalue weighted by Crippen LogP contribution is 2.08. The molecule has 1 rings (SSSR count). The van der Waals surface area contributed by atoms with Gasteiger partial charge in [0.25, 0.3) is 0 Å².